The lowest BCUT2D eigenvalue weighted by Crippen LogP contribution is -2.40. The van der Waals surface area contributed by atoms with E-state index in [9.17, 15) is 0 Å². The summed E-state index contributed by atoms with van der Waals surface area (Å²) in [6.45, 7) is 4.93. The SMILES string of the molecule is CC1(C)CC(Nc2c(N)cnc3ccc(C#N)cc23)CCO1. The molecular weight excluding hydrogens is 276 g/mol. The van der Waals surface area contributed by atoms with Gasteiger partial charge in [-0.15, -0.1) is 0 Å². The van der Waals surface area contributed by atoms with Crippen LogP contribution in [0.5, 0.6) is 0 Å². The Balaban J connectivity index is 1.99. The molecule has 2 aromatic rings. The lowest BCUT2D eigenvalue weighted by molar-refractivity contribution is -0.0553. The summed E-state index contributed by atoms with van der Waals surface area (Å²) in [5.41, 5.74) is 8.90. The number of nitrogens with zero attached hydrogens (tertiary/aromatic N) is 2. The average Bonchev–Trinajstić information content (AvgIpc) is 2.49. The second kappa shape index (κ2) is 5.47. The molecule has 1 aromatic heterocycles. The largest absolute Gasteiger partial charge is 0.396 e. The van der Waals surface area contributed by atoms with E-state index < -0.39 is 0 Å². The third-order valence-electron chi connectivity index (χ3n) is 4.07. The molecule has 1 unspecified atom stereocenters. The highest BCUT2D eigenvalue weighted by atomic mass is 16.5. The molecule has 0 spiro atoms. The Morgan fingerprint density at radius 2 is 2.27 bits per heavy atom. The minimum Gasteiger partial charge on any atom is -0.396 e. The smallest absolute Gasteiger partial charge is 0.0991 e. The molecule has 1 fully saturated rings. The fourth-order valence-corrected chi connectivity index (χ4v) is 3.00. The van der Waals surface area contributed by atoms with Gasteiger partial charge in [0.2, 0.25) is 0 Å². The number of hydrogen-bond donors (Lipinski definition) is 2. The highest BCUT2D eigenvalue weighted by Gasteiger charge is 2.29. The fraction of sp³-hybridized carbons (Fsp3) is 0.412. The Hall–Kier alpha value is -2.32. The summed E-state index contributed by atoms with van der Waals surface area (Å²) in [6, 6.07) is 7.92. The number of anilines is 2. The standard InChI is InChI=1S/C17H20N4O/c1-17(2)8-12(5-6-22-17)21-16-13-7-11(9-18)3-4-15(13)20-10-14(16)19/h3-4,7,10,12H,5-6,8,19H2,1-2H3,(H,20,21). The predicted octanol–water partition coefficient (Wildman–Crippen LogP) is 3.06. The van der Waals surface area contributed by atoms with Crippen molar-refractivity contribution >= 4 is 22.3 Å². The van der Waals surface area contributed by atoms with Crippen LogP contribution in [0.15, 0.2) is 24.4 Å². The van der Waals surface area contributed by atoms with Crippen LogP contribution < -0.4 is 11.1 Å². The van der Waals surface area contributed by atoms with E-state index in [0.717, 1.165) is 36.0 Å². The molecule has 5 nitrogen and oxygen atoms in total. The van der Waals surface area contributed by atoms with Gasteiger partial charge in [-0.2, -0.15) is 5.26 Å². The first-order valence-corrected chi connectivity index (χ1v) is 7.47. The van der Waals surface area contributed by atoms with Gasteiger partial charge in [-0.25, -0.2) is 0 Å². The minimum absolute atomic E-state index is 0.134. The zero-order valence-electron chi connectivity index (χ0n) is 12.9. The first-order chi connectivity index (χ1) is 10.5. The van der Waals surface area contributed by atoms with E-state index in [2.05, 4.69) is 30.2 Å². The Morgan fingerprint density at radius 3 is 3.00 bits per heavy atom. The van der Waals surface area contributed by atoms with Crippen LogP contribution >= 0.6 is 0 Å². The van der Waals surface area contributed by atoms with Gasteiger partial charge >= 0.3 is 0 Å². The summed E-state index contributed by atoms with van der Waals surface area (Å²) >= 11 is 0. The van der Waals surface area contributed by atoms with Crippen molar-refractivity contribution in [2.45, 2.75) is 38.3 Å². The van der Waals surface area contributed by atoms with E-state index in [0.29, 0.717) is 17.3 Å². The zero-order chi connectivity index (χ0) is 15.7. The van der Waals surface area contributed by atoms with Gasteiger partial charge < -0.3 is 15.8 Å². The van der Waals surface area contributed by atoms with Crippen LogP contribution in [0.25, 0.3) is 10.9 Å². The number of ether oxygens (including phenoxy) is 1. The molecule has 3 rings (SSSR count). The Morgan fingerprint density at radius 1 is 1.45 bits per heavy atom. The summed E-state index contributed by atoms with van der Waals surface area (Å²) in [6.07, 6.45) is 3.51. The summed E-state index contributed by atoms with van der Waals surface area (Å²) in [5.74, 6) is 0. The lowest BCUT2D eigenvalue weighted by Gasteiger charge is -2.36. The van der Waals surface area contributed by atoms with Crippen molar-refractivity contribution in [3.05, 3.63) is 30.0 Å². The van der Waals surface area contributed by atoms with E-state index in [1.807, 2.05) is 12.1 Å². The van der Waals surface area contributed by atoms with Gasteiger partial charge in [0.25, 0.3) is 0 Å². The molecule has 3 N–H and O–H groups in total. The first-order valence-electron chi connectivity index (χ1n) is 7.47. The number of nitrogens with two attached hydrogens (primary N) is 1. The van der Waals surface area contributed by atoms with Gasteiger partial charge in [0.1, 0.15) is 0 Å². The normalized spacial score (nSPS) is 20.5. The van der Waals surface area contributed by atoms with Crippen LogP contribution in [0.1, 0.15) is 32.3 Å². The molecule has 1 aliphatic heterocycles. The number of hydrogen-bond acceptors (Lipinski definition) is 5. The maximum absolute atomic E-state index is 9.11. The second-order valence-electron chi connectivity index (χ2n) is 6.37. The van der Waals surface area contributed by atoms with Crippen LogP contribution in [0.2, 0.25) is 0 Å². The highest BCUT2D eigenvalue weighted by molar-refractivity contribution is 5.97. The first kappa shape index (κ1) is 14.6. The van der Waals surface area contributed by atoms with E-state index in [1.165, 1.54) is 0 Å². The van der Waals surface area contributed by atoms with Gasteiger partial charge in [-0.1, -0.05) is 0 Å². The molecular formula is C17H20N4O. The monoisotopic (exact) mass is 296 g/mol. The van der Waals surface area contributed by atoms with Crippen molar-refractivity contribution < 1.29 is 4.74 Å². The maximum atomic E-state index is 9.11. The van der Waals surface area contributed by atoms with E-state index >= 15 is 0 Å². The van der Waals surface area contributed by atoms with E-state index in [4.69, 9.17) is 15.7 Å². The topological polar surface area (TPSA) is 84.0 Å². The highest BCUT2D eigenvalue weighted by Crippen LogP contribution is 2.32. The number of nitriles is 1. The molecule has 114 valence electrons. The zero-order valence-corrected chi connectivity index (χ0v) is 12.9. The van der Waals surface area contributed by atoms with Crippen LogP contribution in [-0.4, -0.2) is 23.2 Å². The molecule has 1 atom stereocenters. The molecule has 5 heteroatoms. The number of nitrogens with one attached hydrogen (secondary N) is 1. The fourth-order valence-electron chi connectivity index (χ4n) is 3.00. The van der Waals surface area contributed by atoms with E-state index in [1.54, 1.807) is 12.3 Å². The number of rotatable bonds is 2. The third-order valence-corrected chi connectivity index (χ3v) is 4.07. The Kier molecular flexibility index (Phi) is 3.63. The number of pyridine rings is 1. The number of nitrogen functional groups attached to an aromatic ring is 1. The number of benzene rings is 1. The van der Waals surface area contributed by atoms with Gasteiger partial charge in [0.05, 0.1) is 40.3 Å². The van der Waals surface area contributed by atoms with E-state index in [-0.39, 0.29) is 5.60 Å². The minimum atomic E-state index is -0.134. The quantitative estimate of drug-likeness (QED) is 0.889. The third kappa shape index (κ3) is 2.83. The van der Waals surface area contributed by atoms with Crippen molar-refractivity contribution in [3.63, 3.8) is 0 Å². The molecule has 2 heterocycles. The maximum Gasteiger partial charge on any atom is 0.0991 e. The van der Waals surface area contributed by atoms with Gasteiger partial charge in [-0.3, -0.25) is 4.98 Å². The Bertz CT molecular complexity index is 748. The van der Waals surface area contributed by atoms with Gasteiger partial charge in [0, 0.05) is 18.0 Å². The molecule has 1 aromatic carbocycles. The number of fused-ring (bicyclic) bond motifs is 1. The van der Waals surface area contributed by atoms with Gasteiger partial charge in [-0.05, 0) is 44.9 Å². The molecule has 0 radical (unpaired) electrons. The summed E-state index contributed by atoms with van der Waals surface area (Å²) in [4.78, 5) is 4.34. The van der Waals surface area contributed by atoms with Crippen LogP contribution in [0, 0.1) is 11.3 Å². The summed E-state index contributed by atoms with van der Waals surface area (Å²) in [5, 5.41) is 13.5. The molecule has 0 saturated carbocycles. The molecule has 0 aliphatic carbocycles. The number of aromatic nitrogens is 1. The summed E-state index contributed by atoms with van der Waals surface area (Å²) < 4.78 is 5.76. The average molecular weight is 296 g/mol. The van der Waals surface area contributed by atoms with Crippen molar-refractivity contribution in [1.29, 1.82) is 5.26 Å². The van der Waals surface area contributed by atoms with Crippen molar-refractivity contribution in [3.8, 4) is 6.07 Å². The predicted molar refractivity (Wildman–Crippen MR) is 87.5 cm³/mol. The molecule has 1 saturated heterocycles. The Labute approximate surface area is 130 Å². The van der Waals surface area contributed by atoms with Crippen LogP contribution in [-0.2, 0) is 4.74 Å². The van der Waals surface area contributed by atoms with Gasteiger partial charge in [0.15, 0.2) is 0 Å². The second-order valence-corrected chi connectivity index (χ2v) is 6.37. The summed E-state index contributed by atoms with van der Waals surface area (Å²) in [7, 11) is 0. The lowest BCUT2D eigenvalue weighted by atomic mass is 9.93. The van der Waals surface area contributed by atoms with Crippen molar-refractivity contribution in [2.24, 2.45) is 0 Å². The van der Waals surface area contributed by atoms with Crippen LogP contribution in [0.4, 0.5) is 11.4 Å². The molecule has 1 aliphatic rings. The molecule has 0 amide bonds. The van der Waals surface area contributed by atoms with Crippen molar-refractivity contribution in [2.75, 3.05) is 17.7 Å². The molecule has 0 bridgehead atoms. The van der Waals surface area contributed by atoms with Crippen LogP contribution in [0.3, 0.4) is 0 Å². The van der Waals surface area contributed by atoms with Crippen molar-refractivity contribution in [1.82, 2.24) is 4.98 Å². The molecule has 22 heavy (non-hydrogen) atoms.